The lowest BCUT2D eigenvalue weighted by Crippen LogP contribution is -2.32. The summed E-state index contributed by atoms with van der Waals surface area (Å²) in [5.41, 5.74) is 0.892. The maximum atomic E-state index is 13.1. The molecule has 1 aliphatic heterocycles. The summed E-state index contributed by atoms with van der Waals surface area (Å²) in [4.78, 5) is 39.0. The molecule has 152 valence electrons. The number of nitrogens with one attached hydrogen (secondary N) is 1. The van der Waals surface area contributed by atoms with Crippen LogP contribution in [0.4, 0.5) is 15.9 Å². The summed E-state index contributed by atoms with van der Waals surface area (Å²) in [5.74, 6) is -2.71. The molecular formula is C20H20FN3O5. The van der Waals surface area contributed by atoms with Crippen LogP contribution in [0.1, 0.15) is 26.0 Å². The number of hydrogen-bond donors (Lipinski definition) is 1. The number of imide groups is 1. The molecule has 1 atom stereocenters. The van der Waals surface area contributed by atoms with Gasteiger partial charge in [-0.1, -0.05) is 5.16 Å². The average molecular weight is 401 g/mol. The molecule has 1 saturated heterocycles. The van der Waals surface area contributed by atoms with Crippen LogP contribution < -0.4 is 10.2 Å². The summed E-state index contributed by atoms with van der Waals surface area (Å²) in [6, 6.07) is 6.98. The number of rotatable bonds is 6. The maximum absolute atomic E-state index is 13.1. The molecular weight excluding hydrogens is 381 g/mol. The topological polar surface area (TPSA) is 102 Å². The number of ether oxygens (including phenoxy) is 1. The lowest BCUT2D eigenvalue weighted by Gasteiger charge is -2.17. The molecule has 0 radical (unpaired) electrons. The third-order valence-electron chi connectivity index (χ3n) is 4.42. The smallest absolute Gasteiger partial charge is 0.336 e. The number of amides is 2. The quantitative estimate of drug-likeness (QED) is 0.451. The Morgan fingerprint density at radius 1 is 1.34 bits per heavy atom. The van der Waals surface area contributed by atoms with Crippen molar-refractivity contribution in [3.63, 3.8) is 0 Å². The van der Waals surface area contributed by atoms with Crippen LogP contribution in [0.15, 0.2) is 46.1 Å². The summed E-state index contributed by atoms with van der Waals surface area (Å²) < 4.78 is 23.2. The van der Waals surface area contributed by atoms with Gasteiger partial charge in [0.25, 0.3) is 0 Å². The molecule has 3 rings (SSSR count). The van der Waals surface area contributed by atoms with Crippen LogP contribution in [0.2, 0.25) is 0 Å². The van der Waals surface area contributed by atoms with Gasteiger partial charge in [-0.05, 0) is 45.0 Å². The molecule has 8 nitrogen and oxygen atoms in total. The summed E-state index contributed by atoms with van der Waals surface area (Å²) in [6.45, 7) is 4.98. The molecule has 0 spiro atoms. The van der Waals surface area contributed by atoms with E-state index in [1.54, 1.807) is 20.8 Å². The highest BCUT2D eigenvalue weighted by atomic mass is 19.1. The monoisotopic (exact) mass is 401 g/mol. The Labute approximate surface area is 166 Å². The van der Waals surface area contributed by atoms with Gasteiger partial charge in [0, 0.05) is 23.9 Å². The molecule has 1 aromatic heterocycles. The van der Waals surface area contributed by atoms with Crippen LogP contribution in [0.25, 0.3) is 0 Å². The number of aryl methyl sites for hydroxylation is 1. The number of benzene rings is 1. The third kappa shape index (κ3) is 4.18. The Balaban J connectivity index is 1.96. The molecule has 2 heterocycles. The first kappa shape index (κ1) is 20.2. The fraction of sp³-hybridized carbons (Fsp3) is 0.300. The molecule has 29 heavy (non-hydrogen) atoms. The number of carbonyl (C=O) groups excluding carboxylic acids is 3. The highest BCUT2D eigenvalue weighted by Gasteiger charge is 2.45. The van der Waals surface area contributed by atoms with Crippen LogP contribution in [-0.2, 0) is 19.1 Å². The van der Waals surface area contributed by atoms with Crippen molar-refractivity contribution in [3.05, 3.63) is 53.2 Å². The van der Waals surface area contributed by atoms with Crippen molar-refractivity contribution >= 4 is 29.3 Å². The first-order valence-corrected chi connectivity index (χ1v) is 9.02. The van der Waals surface area contributed by atoms with Gasteiger partial charge in [0.15, 0.2) is 5.82 Å². The van der Waals surface area contributed by atoms with Gasteiger partial charge in [0.05, 0.1) is 18.1 Å². The fourth-order valence-electron chi connectivity index (χ4n) is 3.14. The first-order valence-electron chi connectivity index (χ1n) is 9.02. The largest absolute Gasteiger partial charge is 0.463 e. The lowest BCUT2D eigenvalue weighted by atomic mass is 9.95. The number of nitrogens with zero attached hydrogens (tertiary/aromatic N) is 2. The number of halogens is 1. The second-order valence-electron chi connectivity index (χ2n) is 6.51. The van der Waals surface area contributed by atoms with E-state index in [1.807, 2.05) is 0 Å². The summed E-state index contributed by atoms with van der Waals surface area (Å²) in [6.07, 6.45) is -0.207. The van der Waals surface area contributed by atoms with E-state index >= 15 is 0 Å². The van der Waals surface area contributed by atoms with E-state index < -0.39 is 29.5 Å². The van der Waals surface area contributed by atoms with E-state index in [4.69, 9.17) is 9.26 Å². The number of anilines is 2. The minimum absolute atomic E-state index is 0.0391. The van der Waals surface area contributed by atoms with Crippen LogP contribution >= 0.6 is 0 Å². The Morgan fingerprint density at radius 3 is 2.62 bits per heavy atom. The molecule has 2 aromatic rings. The zero-order chi connectivity index (χ0) is 21.1. The van der Waals surface area contributed by atoms with Crippen molar-refractivity contribution < 1.29 is 28.0 Å². The molecule has 0 aliphatic carbocycles. The number of aromatic nitrogens is 1. The summed E-state index contributed by atoms with van der Waals surface area (Å²) in [7, 11) is 0. The van der Waals surface area contributed by atoms with E-state index in [2.05, 4.69) is 10.5 Å². The Bertz CT molecular complexity index is 980. The van der Waals surface area contributed by atoms with E-state index in [1.165, 1.54) is 30.3 Å². The second-order valence-corrected chi connectivity index (χ2v) is 6.51. The van der Waals surface area contributed by atoms with Crippen molar-refractivity contribution in [2.24, 2.45) is 5.92 Å². The van der Waals surface area contributed by atoms with Gasteiger partial charge in [-0.2, -0.15) is 0 Å². The zero-order valence-corrected chi connectivity index (χ0v) is 16.2. The number of carbonyl (C=O) groups is 3. The SMILES string of the molecule is CCOC(=O)/C(=C(/C)Nc1ccc(F)cc1)C1CC(=O)N(c2cc(C)on2)C1=O. The van der Waals surface area contributed by atoms with E-state index in [0.717, 1.165) is 4.90 Å². The highest BCUT2D eigenvalue weighted by Crippen LogP contribution is 2.33. The molecule has 1 unspecified atom stereocenters. The zero-order valence-electron chi connectivity index (χ0n) is 16.2. The van der Waals surface area contributed by atoms with Gasteiger partial charge in [0.1, 0.15) is 11.6 Å². The normalized spacial score (nSPS) is 17.4. The molecule has 0 bridgehead atoms. The maximum Gasteiger partial charge on any atom is 0.336 e. The van der Waals surface area contributed by atoms with Crippen LogP contribution in [0.5, 0.6) is 0 Å². The predicted octanol–water partition coefficient (Wildman–Crippen LogP) is 2.95. The van der Waals surface area contributed by atoms with Crippen molar-refractivity contribution in [1.82, 2.24) is 5.16 Å². The Morgan fingerprint density at radius 2 is 2.03 bits per heavy atom. The van der Waals surface area contributed by atoms with Crippen LogP contribution in [0, 0.1) is 18.7 Å². The Hall–Kier alpha value is -3.49. The van der Waals surface area contributed by atoms with Gasteiger partial charge in [-0.25, -0.2) is 14.1 Å². The first-order chi connectivity index (χ1) is 13.8. The molecule has 2 amide bonds. The van der Waals surface area contributed by atoms with Gasteiger partial charge in [0.2, 0.25) is 11.8 Å². The number of allylic oxidation sites excluding steroid dienone is 1. The minimum Gasteiger partial charge on any atom is -0.463 e. The number of esters is 1. The standard InChI is InChI=1S/C20H20FN3O5/c1-4-28-20(27)18(12(3)22-14-7-5-13(21)6-8-14)15-10-17(25)24(19(15)26)16-9-11(2)29-23-16/h5-9,15,22H,4,10H2,1-3H3/b18-12-. The highest BCUT2D eigenvalue weighted by molar-refractivity contribution is 6.23. The molecule has 0 saturated carbocycles. The average Bonchev–Trinajstić information content (AvgIpc) is 3.20. The lowest BCUT2D eigenvalue weighted by molar-refractivity contribution is -0.140. The summed E-state index contributed by atoms with van der Waals surface area (Å²) in [5, 5.41) is 6.70. The predicted molar refractivity (Wildman–Crippen MR) is 101 cm³/mol. The molecule has 1 N–H and O–H groups in total. The Kier molecular flexibility index (Phi) is 5.76. The van der Waals surface area contributed by atoms with Crippen LogP contribution in [-0.4, -0.2) is 29.5 Å². The third-order valence-corrected chi connectivity index (χ3v) is 4.42. The number of hydrogen-bond acceptors (Lipinski definition) is 7. The molecule has 1 aromatic carbocycles. The summed E-state index contributed by atoms with van der Waals surface area (Å²) >= 11 is 0. The van der Waals surface area contributed by atoms with Crippen LogP contribution in [0.3, 0.4) is 0 Å². The van der Waals surface area contributed by atoms with Gasteiger partial charge in [-0.15, -0.1) is 0 Å². The fourth-order valence-corrected chi connectivity index (χ4v) is 3.14. The van der Waals surface area contributed by atoms with Crippen molar-refractivity contribution in [1.29, 1.82) is 0 Å². The van der Waals surface area contributed by atoms with Crippen molar-refractivity contribution in [3.8, 4) is 0 Å². The van der Waals surface area contributed by atoms with Crippen molar-refractivity contribution in [2.75, 3.05) is 16.8 Å². The second kappa shape index (κ2) is 8.26. The van der Waals surface area contributed by atoms with E-state index in [9.17, 15) is 18.8 Å². The van der Waals surface area contributed by atoms with E-state index in [-0.39, 0.29) is 24.4 Å². The van der Waals surface area contributed by atoms with Gasteiger partial charge in [-0.3, -0.25) is 9.59 Å². The molecule has 1 fully saturated rings. The minimum atomic E-state index is -1.04. The van der Waals surface area contributed by atoms with Crippen molar-refractivity contribution in [2.45, 2.75) is 27.2 Å². The van der Waals surface area contributed by atoms with Gasteiger partial charge < -0.3 is 14.6 Å². The van der Waals surface area contributed by atoms with E-state index in [0.29, 0.717) is 17.1 Å². The van der Waals surface area contributed by atoms with Gasteiger partial charge >= 0.3 is 5.97 Å². The molecule has 9 heteroatoms. The molecule has 1 aliphatic rings.